The molecule has 0 bridgehead atoms. The van der Waals surface area contributed by atoms with E-state index in [0.29, 0.717) is 0 Å². The van der Waals surface area contributed by atoms with Gasteiger partial charge in [0.15, 0.2) is 0 Å². The first-order valence-electron chi connectivity index (χ1n) is 20.2. The van der Waals surface area contributed by atoms with E-state index in [1.165, 1.54) is 119 Å². The average molecular weight is 751 g/mol. The smallest absolute Gasteiger partial charge is 0.0741 e. The molecule has 13 rings (SSSR count). The third-order valence-electron chi connectivity index (χ3n) is 13.1. The molecule has 1 heteroatoms. The van der Waals surface area contributed by atoms with Crippen molar-refractivity contribution in [3.8, 4) is 33.4 Å². The molecule has 0 saturated carbocycles. The fourth-order valence-electron chi connectivity index (χ4n) is 10.9. The van der Waals surface area contributed by atoms with Crippen molar-refractivity contribution < 1.29 is 0 Å². The van der Waals surface area contributed by atoms with Gasteiger partial charge in [-0.25, -0.2) is 0 Å². The monoisotopic (exact) mass is 750 g/mol. The Kier molecular flexibility index (Phi) is 6.68. The molecule has 1 aliphatic carbocycles. The molecule has 1 aliphatic heterocycles. The van der Waals surface area contributed by atoms with Gasteiger partial charge in [-0.1, -0.05) is 200 Å². The fraction of sp³-hybridized carbons (Fsp3) is 0.0175. The summed E-state index contributed by atoms with van der Waals surface area (Å²) in [4.78, 5) is 2.64. The number of rotatable bonds is 2. The molecule has 0 aromatic heterocycles. The summed E-state index contributed by atoms with van der Waals surface area (Å²) in [5.41, 5.74) is 12.7. The van der Waals surface area contributed by atoms with Gasteiger partial charge in [0.2, 0.25) is 0 Å². The SMILES string of the molecule is c1ccc2c(c1)Sc1ccccc1C21c2cc(-c3c4ccccc4c(-c4cccc5ccccc45)c4ccccc34)ccc2-c2c1c1ccccc1c1ccccc21. The van der Waals surface area contributed by atoms with Gasteiger partial charge in [-0.3, -0.25) is 0 Å². The minimum atomic E-state index is -0.531. The number of hydrogen-bond donors (Lipinski definition) is 0. The van der Waals surface area contributed by atoms with Gasteiger partial charge in [0.25, 0.3) is 0 Å². The normalized spacial score (nSPS) is 13.6. The predicted octanol–water partition coefficient (Wildman–Crippen LogP) is 15.6. The van der Waals surface area contributed by atoms with E-state index in [2.05, 4.69) is 206 Å². The van der Waals surface area contributed by atoms with Crippen LogP contribution in [0.3, 0.4) is 0 Å². The van der Waals surface area contributed by atoms with Crippen LogP contribution in [0.2, 0.25) is 0 Å². The van der Waals surface area contributed by atoms with Crippen molar-refractivity contribution >= 4 is 65.6 Å². The largest absolute Gasteiger partial charge is 0.0894 e. The summed E-state index contributed by atoms with van der Waals surface area (Å²) < 4.78 is 0. The minimum absolute atomic E-state index is 0.531. The molecule has 0 N–H and O–H groups in total. The maximum Gasteiger partial charge on any atom is 0.0741 e. The highest BCUT2D eigenvalue weighted by atomic mass is 32.2. The Balaban J connectivity index is 1.20. The molecule has 0 atom stereocenters. The summed E-state index contributed by atoms with van der Waals surface area (Å²) in [6, 6.07) is 77.7. The van der Waals surface area contributed by atoms with Gasteiger partial charge < -0.3 is 0 Å². The second-order valence-electron chi connectivity index (χ2n) is 15.8. The molecule has 1 heterocycles. The molecule has 268 valence electrons. The van der Waals surface area contributed by atoms with Gasteiger partial charge in [0, 0.05) is 9.79 Å². The van der Waals surface area contributed by atoms with Gasteiger partial charge in [-0.05, 0) is 128 Å². The lowest BCUT2D eigenvalue weighted by atomic mass is 9.66. The molecule has 1 spiro atoms. The molecule has 0 fully saturated rings. The average Bonchev–Trinajstić information content (AvgIpc) is 3.59. The molecule has 0 saturated heterocycles. The van der Waals surface area contributed by atoms with E-state index < -0.39 is 5.41 Å². The van der Waals surface area contributed by atoms with Crippen molar-refractivity contribution in [1.29, 1.82) is 0 Å². The van der Waals surface area contributed by atoms with Crippen molar-refractivity contribution in [2.75, 3.05) is 0 Å². The zero-order valence-electron chi connectivity index (χ0n) is 31.5. The summed E-state index contributed by atoms with van der Waals surface area (Å²) in [6.45, 7) is 0. The van der Waals surface area contributed by atoms with Crippen LogP contribution < -0.4 is 0 Å². The summed E-state index contributed by atoms with van der Waals surface area (Å²) in [7, 11) is 0. The summed E-state index contributed by atoms with van der Waals surface area (Å²) in [5.74, 6) is 0. The van der Waals surface area contributed by atoms with Gasteiger partial charge in [0.1, 0.15) is 0 Å². The predicted molar refractivity (Wildman–Crippen MR) is 246 cm³/mol. The molecule has 2 aliphatic rings. The zero-order valence-corrected chi connectivity index (χ0v) is 32.4. The van der Waals surface area contributed by atoms with Gasteiger partial charge >= 0.3 is 0 Å². The van der Waals surface area contributed by atoms with E-state index in [1.54, 1.807) is 0 Å². The first-order valence-corrected chi connectivity index (χ1v) is 21.0. The van der Waals surface area contributed by atoms with E-state index in [1.807, 2.05) is 11.8 Å². The Morgan fingerprint density at radius 2 is 0.759 bits per heavy atom. The quantitative estimate of drug-likeness (QED) is 0.125. The fourth-order valence-corrected chi connectivity index (χ4v) is 12.1. The Morgan fingerprint density at radius 3 is 1.40 bits per heavy atom. The van der Waals surface area contributed by atoms with Crippen molar-refractivity contribution in [3.05, 3.63) is 229 Å². The molecular weight excluding hydrogens is 717 g/mol. The number of fused-ring (bicyclic) bond motifs is 17. The van der Waals surface area contributed by atoms with E-state index in [-0.39, 0.29) is 0 Å². The van der Waals surface area contributed by atoms with Gasteiger partial charge in [-0.2, -0.15) is 0 Å². The Morgan fingerprint density at radius 1 is 0.293 bits per heavy atom. The highest BCUT2D eigenvalue weighted by Crippen LogP contribution is 2.65. The minimum Gasteiger partial charge on any atom is -0.0894 e. The van der Waals surface area contributed by atoms with Crippen LogP contribution in [-0.4, -0.2) is 0 Å². The van der Waals surface area contributed by atoms with Crippen molar-refractivity contribution in [1.82, 2.24) is 0 Å². The van der Waals surface area contributed by atoms with E-state index in [4.69, 9.17) is 0 Å². The highest BCUT2D eigenvalue weighted by Gasteiger charge is 2.51. The van der Waals surface area contributed by atoms with Crippen LogP contribution in [-0.2, 0) is 5.41 Å². The van der Waals surface area contributed by atoms with Crippen LogP contribution in [0.4, 0.5) is 0 Å². The summed E-state index contributed by atoms with van der Waals surface area (Å²) >= 11 is 1.91. The topological polar surface area (TPSA) is 0 Å². The molecule has 0 nitrogen and oxygen atoms in total. The maximum atomic E-state index is 2.58. The lowest BCUT2D eigenvalue weighted by molar-refractivity contribution is 0.729. The van der Waals surface area contributed by atoms with Crippen LogP contribution >= 0.6 is 11.8 Å². The molecule has 0 unspecified atom stereocenters. The molecule has 0 amide bonds. The molecule has 58 heavy (non-hydrogen) atoms. The second kappa shape index (κ2) is 12.0. The van der Waals surface area contributed by atoms with E-state index >= 15 is 0 Å². The second-order valence-corrected chi connectivity index (χ2v) is 16.9. The van der Waals surface area contributed by atoms with Crippen LogP contribution in [0.1, 0.15) is 22.3 Å². The number of hydrogen-bond acceptors (Lipinski definition) is 1. The highest BCUT2D eigenvalue weighted by molar-refractivity contribution is 7.99. The van der Waals surface area contributed by atoms with Crippen LogP contribution in [0.5, 0.6) is 0 Å². The number of benzene rings is 11. The first-order chi connectivity index (χ1) is 28.8. The Bertz CT molecular complexity index is 3450. The van der Waals surface area contributed by atoms with Crippen LogP contribution in [0.15, 0.2) is 216 Å². The van der Waals surface area contributed by atoms with E-state index in [0.717, 1.165) is 0 Å². The molecule has 0 radical (unpaired) electrons. The van der Waals surface area contributed by atoms with Gasteiger partial charge in [-0.15, -0.1) is 0 Å². The van der Waals surface area contributed by atoms with Crippen LogP contribution in [0, 0.1) is 0 Å². The lowest BCUT2D eigenvalue weighted by Crippen LogP contribution is -2.32. The summed E-state index contributed by atoms with van der Waals surface area (Å²) in [5, 5.41) is 12.8. The zero-order chi connectivity index (χ0) is 38.0. The Hall–Kier alpha value is -6.93. The lowest BCUT2D eigenvalue weighted by Gasteiger charge is -2.40. The summed E-state index contributed by atoms with van der Waals surface area (Å²) in [6.07, 6.45) is 0. The van der Waals surface area contributed by atoms with Crippen molar-refractivity contribution in [3.63, 3.8) is 0 Å². The molecular formula is C57H34S. The maximum absolute atomic E-state index is 2.58. The first kappa shape index (κ1) is 32.2. The molecule has 11 aromatic rings. The molecule has 11 aromatic carbocycles. The van der Waals surface area contributed by atoms with Crippen molar-refractivity contribution in [2.45, 2.75) is 15.2 Å². The Labute approximate surface area is 341 Å². The standard InChI is InChI=1S/C57H34S/c1-2-18-37-35(16-1)17-15-27-40(37)54-44-24-8-6-22-42(44)53(43-23-7-9-25-45(43)54)36-32-33-47-50(34-36)57(48-28-11-13-30-51(48)58-52-31-14-12-29-49(52)57)56-46-26-10-4-20-39(46)38-19-3-5-21-41(38)55(47)56/h1-34H. The van der Waals surface area contributed by atoms with Gasteiger partial charge in [0.05, 0.1) is 5.41 Å². The third kappa shape index (κ3) is 4.16. The van der Waals surface area contributed by atoms with E-state index in [9.17, 15) is 0 Å². The third-order valence-corrected chi connectivity index (χ3v) is 14.2. The van der Waals surface area contributed by atoms with Crippen molar-refractivity contribution in [2.24, 2.45) is 0 Å². The van der Waals surface area contributed by atoms with Crippen LogP contribution in [0.25, 0.3) is 87.2 Å².